The zero-order chi connectivity index (χ0) is 12.4. The van der Waals surface area contributed by atoms with Gasteiger partial charge in [0, 0.05) is 24.3 Å². The molecule has 2 heteroatoms. The van der Waals surface area contributed by atoms with E-state index in [0.717, 1.165) is 13.1 Å². The number of nitrogens with one attached hydrogen (secondary N) is 1. The molecule has 1 N–H and O–H groups in total. The van der Waals surface area contributed by atoms with Gasteiger partial charge in [0.1, 0.15) is 0 Å². The molecular formula is C15H24N2. The predicted octanol–water partition coefficient (Wildman–Crippen LogP) is 2.88. The molecule has 1 aliphatic heterocycles. The van der Waals surface area contributed by atoms with E-state index in [9.17, 15) is 0 Å². The summed E-state index contributed by atoms with van der Waals surface area (Å²) in [4.78, 5) is 2.56. The van der Waals surface area contributed by atoms with Gasteiger partial charge in [-0.1, -0.05) is 12.1 Å². The van der Waals surface area contributed by atoms with Crippen LogP contribution in [0.5, 0.6) is 0 Å². The van der Waals surface area contributed by atoms with E-state index in [-0.39, 0.29) is 0 Å². The van der Waals surface area contributed by atoms with Crippen LogP contribution in [0.25, 0.3) is 0 Å². The smallest absolute Gasteiger partial charge is 0.0401 e. The minimum absolute atomic E-state index is 0.569. The molecule has 1 aliphatic rings. The van der Waals surface area contributed by atoms with Gasteiger partial charge in [0.05, 0.1) is 0 Å². The number of aryl methyl sites for hydroxylation is 1. The first-order chi connectivity index (χ1) is 8.09. The van der Waals surface area contributed by atoms with E-state index < -0.39 is 0 Å². The highest BCUT2D eigenvalue weighted by atomic mass is 15.2. The van der Waals surface area contributed by atoms with Crippen LogP contribution in [0.4, 0.5) is 5.69 Å². The Morgan fingerprint density at radius 2 is 2.00 bits per heavy atom. The van der Waals surface area contributed by atoms with Gasteiger partial charge in [-0.3, -0.25) is 0 Å². The highest BCUT2D eigenvalue weighted by Crippen LogP contribution is 2.26. The van der Waals surface area contributed by atoms with Gasteiger partial charge in [-0.2, -0.15) is 0 Å². The lowest BCUT2D eigenvalue weighted by molar-refractivity contribution is 0.584. The van der Waals surface area contributed by atoms with E-state index in [1.165, 1.54) is 23.2 Å². The fraction of sp³-hybridized carbons (Fsp3) is 0.600. The van der Waals surface area contributed by atoms with E-state index in [1.54, 1.807) is 0 Å². The third kappa shape index (κ3) is 2.63. The molecule has 0 aromatic heterocycles. The summed E-state index contributed by atoms with van der Waals surface area (Å²) in [6.07, 6.45) is 1.22. The Morgan fingerprint density at radius 3 is 2.76 bits per heavy atom. The Balaban J connectivity index is 2.32. The Kier molecular flexibility index (Phi) is 3.72. The molecule has 1 fully saturated rings. The van der Waals surface area contributed by atoms with Gasteiger partial charge in [0.25, 0.3) is 0 Å². The molecule has 17 heavy (non-hydrogen) atoms. The second-order valence-corrected chi connectivity index (χ2v) is 5.36. The largest absolute Gasteiger partial charge is 0.367 e. The molecule has 0 radical (unpaired) electrons. The molecule has 0 spiro atoms. The number of hydrogen-bond donors (Lipinski definition) is 1. The minimum Gasteiger partial charge on any atom is -0.367 e. The van der Waals surface area contributed by atoms with E-state index in [4.69, 9.17) is 0 Å². The predicted molar refractivity (Wildman–Crippen MR) is 74.8 cm³/mol. The second kappa shape index (κ2) is 5.09. The lowest BCUT2D eigenvalue weighted by atomic mass is 10.1. The molecule has 94 valence electrons. The maximum absolute atomic E-state index is 3.57. The van der Waals surface area contributed by atoms with Crippen LogP contribution in [0.15, 0.2) is 18.2 Å². The third-order valence-corrected chi connectivity index (χ3v) is 3.94. The number of hydrogen-bond acceptors (Lipinski definition) is 2. The first kappa shape index (κ1) is 12.4. The van der Waals surface area contributed by atoms with Crippen LogP contribution in [0, 0.1) is 13.8 Å². The van der Waals surface area contributed by atoms with Crippen LogP contribution >= 0.6 is 0 Å². The van der Waals surface area contributed by atoms with Crippen molar-refractivity contribution in [3.63, 3.8) is 0 Å². The maximum Gasteiger partial charge on any atom is 0.0401 e. The molecule has 1 saturated heterocycles. The number of benzene rings is 1. The zero-order valence-corrected chi connectivity index (χ0v) is 11.5. The van der Waals surface area contributed by atoms with Crippen LogP contribution in [0.2, 0.25) is 0 Å². The van der Waals surface area contributed by atoms with Crippen molar-refractivity contribution in [2.75, 3.05) is 18.0 Å². The third-order valence-electron chi connectivity index (χ3n) is 3.94. The lowest BCUT2D eigenvalue weighted by Gasteiger charge is -2.32. The molecule has 1 heterocycles. The van der Waals surface area contributed by atoms with Gasteiger partial charge >= 0.3 is 0 Å². The quantitative estimate of drug-likeness (QED) is 0.801. The summed E-state index contributed by atoms with van der Waals surface area (Å²) in [6.45, 7) is 11.3. The van der Waals surface area contributed by atoms with E-state index in [0.29, 0.717) is 12.1 Å². The van der Waals surface area contributed by atoms with Crippen molar-refractivity contribution in [2.24, 2.45) is 0 Å². The van der Waals surface area contributed by atoms with Crippen LogP contribution in [0.3, 0.4) is 0 Å². The summed E-state index contributed by atoms with van der Waals surface area (Å²) in [5.41, 5.74) is 4.22. The molecule has 0 saturated carbocycles. The fourth-order valence-electron chi connectivity index (χ4n) is 2.62. The van der Waals surface area contributed by atoms with Crippen molar-refractivity contribution in [1.29, 1.82) is 0 Å². The molecule has 1 aromatic rings. The van der Waals surface area contributed by atoms with Gasteiger partial charge < -0.3 is 10.2 Å². The number of rotatable bonds is 1. The molecule has 2 atom stereocenters. The molecule has 2 unspecified atom stereocenters. The van der Waals surface area contributed by atoms with Crippen LogP contribution in [-0.2, 0) is 0 Å². The molecule has 0 bridgehead atoms. The summed E-state index contributed by atoms with van der Waals surface area (Å²) < 4.78 is 0. The van der Waals surface area contributed by atoms with Crippen LogP contribution in [-0.4, -0.2) is 25.2 Å². The zero-order valence-electron chi connectivity index (χ0n) is 11.5. The van der Waals surface area contributed by atoms with Gasteiger partial charge in [0.2, 0.25) is 0 Å². The van der Waals surface area contributed by atoms with Gasteiger partial charge in [-0.25, -0.2) is 0 Å². The molecule has 2 nitrogen and oxygen atoms in total. The van der Waals surface area contributed by atoms with Gasteiger partial charge in [0.15, 0.2) is 0 Å². The normalized spacial score (nSPS) is 25.8. The molecule has 0 aliphatic carbocycles. The number of anilines is 1. The van der Waals surface area contributed by atoms with Crippen molar-refractivity contribution in [3.8, 4) is 0 Å². The van der Waals surface area contributed by atoms with Crippen molar-refractivity contribution < 1.29 is 0 Å². The lowest BCUT2D eigenvalue weighted by Crippen LogP contribution is -2.39. The van der Waals surface area contributed by atoms with Gasteiger partial charge in [-0.05, 0) is 57.9 Å². The van der Waals surface area contributed by atoms with Crippen LogP contribution in [0.1, 0.15) is 31.4 Å². The molecule has 0 amide bonds. The van der Waals surface area contributed by atoms with E-state index >= 15 is 0 Å². The molecule has 1 aromatic carbocycles. The van der Waals surface area contributed by atoms with Crippen molar-refractivity contribution in [2.45, 2.75) is 46.2 Å². The highest BCUT2D eigenvalue weighted by Gasteiger charge is 2.21. The Bertz CT molecular complexity index is 387. The van der Waals surface area contributed by atoms with Crippen molar-refractivity contribution in [1.82, 2.24) is 5.32 Å². The first-order valence-electron chi connectivity index (χ1n) is 6.66. The Hall–Kier alpha value is -1.02. The standard InChI is InChI=1S/C15H24N2/c1-11-6-5-7-15(14(11)4)17-10-12(2)16-9-8-13(17)3/h5-7,12-13,16H,8-10H2,1-4H3. The highest BCUT2D eigenvalue weighted by molar-refractivity contribution is 5.56. The average Bonchev–Trinajstić information content (AvgIpc) is 2.45. The van der Waals surface area contributed by atoms with Crippen molar-refractivity contribution >= 4 is 5.69 Å². The summed E-state index contributed by atoms with van der Waals surface area (Å²) in [5.74, 6) is 0. The Labute approximate surface area is 105 Å². The average molecular weight is 232 g/mol. The topological polar surface area (TPSA) is 15.3 Å². The number of nitrogens with zero attached hydrogens (tertiary/aromatic N) is 1. The summed E-state index contributed by atoms with van der Waals surface area (Å²) in [5, 5.41) is 3.57. The monoisotopic (exact) mass is 232 g/mol. The first-order valence-corrected chi connectivity index (χ1v) is 6.66. The maximum atomic E-state index is 3.57. The van der Waals surface area contributed by atoms with Gasteiger partial charge in [-0.15, -0.1) is 0 Å². The van der Waals surface area contributed by atoms with Crippen molar-refractivity contribution in [3.05, 3.63) is 29.3 Å². The molecular weight excluding hydrogens is 208 g/mol. The summed E-state index contributed by atoms with van der Waals surface area (Å²) >= 11 is 0. The minimum atomic E-state index is 0.569. The van der Waals surface area contributed by atoms with E-state index in [1.807, 2.05) is 0 Å². The molecule has 2 rings (SSSR count). The summed E-state index contributed by atoms with van der Waals surface area (Å²) in [7, 11) is 0. The van der Waals surface area contributed by atoms with E-state index in [2.05, 4.69) is 56.1 Å². The van der Waals surface area contributed by atoms with Crippen LogP contribution < -0.4 is 10.2 Å². The fourth-order valence-corrected chi connectivity index (χ4v) is 2.62. The second-order valence-electron chi connectivity index (χ2n) is 5.36. The Morgan fingerprint density at radius 1 is 1.24 bits per heavy atom. The SMILES string of the molecule is Cc1cccc(N2CC(C)NCCC2C)c1C. The summed E-state index contributed by atoms with van der Waals surface area (Å²) in [6, 6.07) is 7.82.